The number of carbonyl (C=O) groups is 1. The third-order valence-corrected chi connectivity index (χ3v) is 3.87. The molecule has 3 aromatic rings. The summed E-state index contributed by atoms with van der Waals surface area (Å²) in [6.07, 6.45) is 0. The summed E-state index contributed by atoms with van der Waals surface area (Å²) in [5.41, 5.74) is 2.65. The van der Waals surface area contributed by atoms with E-state index in [9.17, 15) is 4.79 Å². The van der Waals surface area contributed by atoms with Crippen LogP contribution < -0.4 is 15.0 Å². The summed E-state index contributed by atoms with van der Waals surface area (Å²) in [5, 5.41) is 2.84. The average Bonchev–Trinajstić information content (AvgIpc) is 2.68. The van der Waals surface area contributed by atoms with E-state index >= 15 is 0 Å². The molecule has 6 nitrogen and oxygen atoms in total. The van der Waals surface area contributed by atoms with Crippen LogP contribution in [0.5, 0.6) is 5.75 Å². The van der Waals surface area contributed by atoms with Crippen molar-refractivity contribution in [2.45, 2.75) is 6.92 Å². The minimum Gasteiger partial charge on any atom is -0.497 e. The molecule has 0 saturated heterocycles. The third kappa shape index (κ3) is 3.97. The number of nitrogens with one attached hydrogen (secondary N) is 1. The molecule has 0 bridgehead atoms. The number of ether oxygens (including phenoxy) is 1. The van der Waals surface area contributed by atoms with Crippen molar-refractivity contribution in [2.24, 2.45) is 0 Å². The third-order valence-electron chi connectivity index (χ3n) is 3.87. The zero-order chi connectivity index (χ0) is 18.5. The highest BCUT2D eigenvalue weighted by Gasteiger charge is 2.14. The summed E-state index contributed by atoms with van der Waals surface area (Å²) >= 11 is 0. The smallest absolute Gasteiger partial charge is 0.274 e. The first-order valence-electron chi connectivity index (χ1n) is 8.16. The molecule has 0 fully saturated rings. The predicted molar refractivity (Wildman–Crippen MR) is 102 cm³/mol. The molecule has 1 heterocycles. The number of para-hydroxylation sites is 1. The average molecular weight is 348 g/mol. The lowest BCUT2D eigenvalue weighted by Crippen LogP contribution is -2.19. The first kappa shape index (κ1) is 17.4. The Morgan fingerprint density at radius 3 is 2.38 bits per heavy atom. The molecule has 6 heteroatoms. The highest BCUT2D eigenvalue weighted by atomic mass is 16.5. The number of nitrogens with zero attached hydrogens (tertiary/aromatic N) is 3. The quantitative estimate of drug-likeness (QED) is 0.759. The molecule has 0 aliphatic heterocycles. The Labute approximate surface area is 152 Å². The number of hydrogen-bond acceptors (Lipinski definition) is 5. The van der Waals surface area contributed by atoms with Crippen LogP contribution in [0.1, 0.15) is 16.2 Å². The summed E-state index contributed by atoms with van der Waals surface area (Å²) in [5.74, 6) is 0.909. The Hall–Kier alpha value is -3.41. The second-order valence-electron chi connectivity index (χ2n) is 5.77. The Bertz CT molecular complexity index is 895. The van der Waals surface area contributed by atoms with Crippen LogP contribution >= 0.6 is 0 Å². The van der Waals surface area contributed by atoms with E-state index in [0.717, 1.165) is 17.1 Å². The van der Waals surface area contributed by atoms with Gasteiger partial charge in [0.15, 0.2) is 0 Å². The highest BCUT2D eigenvalue weighted by molar-refractivity contribution is 6.03. The SMILES string of the molecule is COc1ccc(NC(=O)c2cc(C)nc(N(C)c3ccccc3)n2)cc1. The summed E-state index contributed by atoms with van der Waals surface area (Å²) in [6, 6.07) is 18.6. The topological polar surface area (TPSA) is 67.3 Å². The number of amides is 1. The van der Waals surface area contributed by atoms with Gasteiger partial charge >= 0.3 is 0 Å². The number of methoxy groups -OCH3 is 1. The van der Waals surface area contributed by atoms with Gasteiger partial charge in [-0.05, 0) is 49.4 Å². The maximum atomic E-state index is 12.6. The molecular weight excluding hydrogens is 328 g/mol. The van der Waals surface area contributed by atoms with Crippen molar-refractivity contribution in [1.29, 1.82) is 0 Å². The van der Waals surface area contributed by atoms with Crippen molar-refractivity contribution >= 4 is 23.2 Å². The van der Waals surface area contributed by atoms with Crippen LogP contribution in [0.25, 0.3) is 0 Å². The molecule has 0 radical (unpaired) electrons. The van der Waals surface area contributed by atoms with Gasteiger partial charge in [-0.15, -0.1) is 0 Å². The van der Waals surface area contributed by atoms with Gasteiger partial charge in [0.2, 0.25) is 5.95 Å². The first-order valence-corrected chi connectivity index (χ1v) is 8.16. The highest BCUT2D eigenvalue weighted by Crippen LogP contribution is 2.21. The van der Waals surface area contributed by atoms with E-state index in [4.69, 9.17) is 4.74 Å². The van der Waals surface area contributed by atoms with Gasteiger partial charge in [-0.3, -0.25) is 4.79 Å². The largest absolute Gasteiger partial charge is 0.497 e. The van der Waals surface area contributed by atoms with E-state index in [1.165, 1.54) is 0 Å². The Kier molecular flexibility index (Phi) is 5.12. The van der Waals surface area contributed by atoms with E-state index in [-0.39, 0.29) is 5.91 Å². The van der Waals surface area contributed by atoms with Crippen LogP contribution in [0.15, 0.2) is 60.7 Å². The lowest BCUT2D eigenvalue weighted by atomic mass is 10.2. The van der Waals surface area contributed by atoms with E-state index in [2.05, 4.69) is 15.3 Å². The maximum Gasteiger partial charge on any atom is 0.274 e. The van der Waals surface area contributed by atoms with Crippen molar-refractivity contribution in [2.75, 3.05) is 24.4 Å². The van der Waals surface area contributed by atoms with E-state index in [1.807, 2.05) is 49.2 Å². The fourth-order valence-corrected chi connectivity index (χ4v) is 2.46. The number of anilines is 3. The molecule has 0 spiro atoms. The molecular formula is C20H20N4O2. The molecule has 0 unspecified atom stereocenters. The summed E-state index contributed by atoms with van der Waals surface area (Å²) in [6.45, 7) is 1.84. The minimum atomic E-state index is -0.289. The number of rotatable bonds is 5. The van der Waals surface area contributed by atoms with Gasteiger partial charge in [-0.25, -0.2) is 9.97 Å². The van der Waals surface area contributed by atoms with Gasteiger partial charge in [0.25, 0.3) is 5.91 Å². The second kappa shape index (κ2) is 7.65. The summed E-state index contributed by atoms with van der Waals surface area (Å²) in [7, 11) is 3.47. The van der Waals surface area contributed by atoms with Gasteiger partial charge in [0.1, 0.15) is 11.4 Å². The monoisotopic (exact) mass is 348 g/mol. The predicted octanol–water partition coefficient (Wildman–Crippen LogP) is 3.81. The zero-order valence-corrected chi connectivity index (χ0v) is 14.9. The molecule has 0 atom stereocenters. The van der Waals surface area contributed by atoms with Crippen LogP contribution in [0.3, 0.4) is 0 Å². The molecule has 132 valence electrons. The number of aryl methyl sites for hydroxylation is 1. The van der Waals surface area contributed by atoms with Crippen molar-refractivity contribution in [3.05, 3.63) is 72.1 Å². The van der Waals surface area contributed by atoms with Crippen molar-refractivity contribution in [3.63, 3.8) is 0 Å². The van der Waals surface area contributed by atoms with Gasteiger partial charge in [0.05, 0.1) is 7.11 Å². The van der Waals surface area contributed by atoms with Gasteiger partial charge in [-0.2, -0.15) is 0 Å². The van der Waals surface area contributed by atoms with Crippen molar-refractivity contribution in [3.8, 4) is 5.75 Å². The van der Waals surface area contributed by atoms with Gasteiger partial charge in [0, 0.05) is 24.1 Å². The summed E-state index contributed by atoms with van der Waals surface area (Å²) < 4.78 is 5.12. The molecule has 0 saturated carbocycles. The Balaban J connectivity index is 1.83. The number of carbonyl (C=O) groups excluding carboxylic acids is 1. The van der Waals surface area contributed by atoms with Crippen LogP contribution in [0.4, 0.5) is 17.3 Å². The molecule has 1 aromatic heterocycles. The maximum absolute atomic E-state index is 12.6. The van der Waals surface area contributed by atoms with E-state index < -0.39 is 0 Å². The Morgan fingerprint density at radius 2 is 1.73 bits per heavy atom. The summed E-state index contributed by atoms with van der Waals surface area (Å²) in [4.78, 5) is 23.3. The van der Waals surface area contributed by atoms with Gasteiger partial charge in [-0.1, -0.05) is 18.2 Å². The van der Waals surface area contributed by atoms with Crippen LogP contribution in [-0.4, -0.2) is 30.0 Å². The van der Waals surface area contributed by atoms with E-state index in [0.29, 0.717) is 17.3 Å². The van der Waals surface area contributed by atoms with E-state index in [1.54, 1.807) is 37.4 Å². The molecule has 1 amide bonds. The molecule has 2 aromatic carbocycles. The lowest BCUT2D eigenvalue weighted by Gasteiger charge is -2.18. The van der Waals surface area contributed by atoms with Gasteiger partial charge < -0.3 is 15.0 Å². The van der Waals surface area contributed by atoms with Crippen LogP contribution in [-0.2, 0) is 0 Å². The number of aromatic nitrogens is 2. The lowest BCUT2D eigenvalue weighted by molar-refractivity contribution is 0.102. The number of benzene rings is 2. The Morgan fingerprint density at radius 1 is 1.04 bits per heavy atom. The number of hydrogen-bond donors (Lipinski definition) is 1. The molecule has 0 aliphatic rings. The normalized spacial score (nSPS) is 10.3. The molecule has 26 heavy (non-hydrogen) atoms. The van der Waals surface area contributed by atoms with Crippen molar-refractivity contribution in [1.82, 2.24) is 9.97 Å². The van der Waals surface area contributed by atoms with Crippen LogP contribution in [0, 0.1) is 6.92 Å². The molecule has 3 rings (SSSR count). The molecule has 1 N–H and O–H groups in total. The first-order chi connectivity index (χ1) is 12.6. The fraction of sp³-hybridized carbons (Fsp3) is 0.150. The van der Waals surface area contributed by atoms with Crippen LogP contribution in [0.2, 0.25) is 0 Å². The second-order valence-corrected chi connectivity index (χ2v) is 5.77. The standard InChI is InChI=1S/C20H20N4O2/c1-14-13-18(19(25)22-15-9-11-17(26-3)12-10-15)23-20(21-14)24(2)16-7-5-4-6-8-16/h4-13H,1-3H3,(H,22,25). The molecule has 0 aliphatic carbocycles. The minimum absolute atomic E-state index is 0.289. The van der Waals surface area contributed by atoms with Crippen molar-refractivity contribution < 1.29 is 9.53 Å². The fourth-order valence-electron chi connectivity index (χ4n) is 2.46. The zero-order valence-electron chi connectivity index (χ0n) is 14.9.